The number of hydrogen-bond donors (Lipinski definition) is 1. The number of unbranched alkanes of at least 4 members (excludes halogenated alkanes) is 1. The van der Waals surface area contributed by atoms with E-state index in [2.05, 4.69) is 11.0 Å². The van der Waals surface area contributed by atoms with Gasteiger partial charge in [0.15, 0.2) is 0 Å². The molecule has 0 fully saturated rings. The number of carboxylic acids is 1. The molecule has 4 nitrogen and oxygen atoms in total. The van der Waals surface area contributed by atoms with Crippen molar-refractivity contribution >= 4 is 5.97 Å². The summed E-state index contributed by atoms with van der Waals surface area (Å²) in [5.74, 6) is -0.738. The van der Waals surface area contributed by atoms with E-state index in [0.29, 0.717) is 12.8 Å². The molecular formula is C10H18N2O2. The highest BCUT2D eigenvalue weighted by Gasteiger charge is 2.07. The lowest BCUT2D eigenvalue weighted by Gasteiger charge is -2.22. The van der Waals surface area contributed by atoms with Crippen LogP contribution in [0.1, 0.15) is 32.6 Å². The van der Waals surface area contributed by atoms with Gasteiger partial charge >= 0.3 is 5.97 Å². The van der Waals surface area contributed by atoms with Crippen molar-refractivity contribution in [2.75, 3.05) is 13.6 Å². The molecule has 0 radical (unpaired) electrons. The van der Waals surface area contributed by atoms with Gasteiger partial charge in [-0.3, -0.25) is 4.79 Å². The summed E-state index contributed by atoms with van der Waals surface area (Å²) in [7, 11) is 1.96. The summed E-state index contributed by atoms with van der Waals surface area (Å²) in [5.41, 5.74) is 0. The Morgan fingerprint density at radius 3 is 2.71 bits per heavy atom. The maximum absolute atomic E-state index is 10.2. The molecule has 14 heavy (non-hydrogen) atoms. The van der Waals surface area contributed by atoms with Gasteiger partial charge in [-0.2, -0.15) is 5.26 Å². The standard InChI is InChI=1S/C10H18N2O2/c1-9(6-7-11)12(2)8-4-3-5-10(13)14/h9H,3-6,8H2,1-2H3,(H,13,14). The number of nitriles is 1. The van der Waals surface area contributed by atoms with Crippen molar-refractivity contribution in [3.8, 4) is 6.07 Å². The average Bonchev–Trinajstić information content (AvgIpc) is 2.12. The molecule has 0 spiro atoms. The van der Waals surface area contributed by atoms with Gasteiger partial charge in [0, 0.05) is 12.5 Å². The molecule has 0 bridgehead atoms. The Morgan fingerprint density at radius 1 is 1.57 bits per heavy atom. The van der Waals surface area contributed by atoms with Crippen LogP contribution in [0.15, 0.2) is 0 Å². The van der Waals surface area contributed by atoms with Gasteiger partial charge in [-0.05, 0) is 33.4 Å². The van der Waals surface area contributed by atoms with E-state index in [0.717, 1.165) is 13.0 Å². The number of carboxylic acid groups (broad SMARTS) is 1. The van der Waals surface area contributed by atoms with Crippen LogP contribution in [0.3, 0.4) is 0 Å². The van der Waals surface area contributed by atoms with Gasteiger partial charge in [-0.15, -0.1) is 0 Å². The molecule has 0 aromatic carbocycles. The van der Waals surface area contributed by atoms with Crippen molar-refractivity contribution < 1.29 is 9.90 Å². The molecule has 4 heteroatoms. The third kappa shape index (κ3) is 6.44. The van der Waals surface area contributed by atoms with Crippen molar-refractivity contribution in [2.45, 2.75) is 38.6 Å². The molecule has 0 saturated heterocycles. The van der Waals surface area contributed by atoms with Gasteiger partial charge < -0.3 is 10.0 Å². The summed E-state index contributed by atoms with van der Waals surface area (Å²) in [4.78, 5) is 12.3. The summed E-state index contributed by atoms with van der Waals surface area (Å²) in [5, 5.41) is 16.9. The summed E-state index contributed by atoms with van der Waals surface area (Å²) >= 11 is 0. The molecule has 0 aromatic heterocycles. The first-order valence-electron chi connectivity index (χ1n) is 4.87. The Morgan fingerprint density at radius 2 is 2.21 bits per heavy atom. The highest BCUT2D eigenvalue weighted by Crippen LogP contribution is 2.03. The van der Waals surface area contributed by atoms with E-state index in [1.165, 1.54) is 0 Å². The van der Waals surface area contributed by atoms with Gasteiger partial charge in [-0.1, -0.05) is 0 Å². The average molecular weight is 198 g/mol. The van der Waals surface area contributed by atoms with Gasteiger partial charge in [-0.25, -0.2) is 0 Å². The molecule has 0 heterocycles. The highest BCUT2D eigenvalue weighted by molar-refractivity contribution is 5.66. The molecule has 0 aliphatic heterocycles. The fraction of sp³-hybridized carbons (Fsp3) is 0.800. The number of aliphatic carboxylic acids is 1. The van der Waals surface area contributed by atoms with Crippen LogP contribution >= 0.6 is 0 Å². The van der Waals surface area contributed by atoms with Crippen LogP contribution in [0.5, 0.6) is 0 Å². The maximum Gasteiger partial charge on any atom is 0.303 e. The van der Waals surface area contributed by atoms with E-state index in [4.69, 9.17) is 10.4 Å². The topological polar surface area (TPSA) is 64.3 Å². The van der Waals surface area contributed by atoms with Crippen LogP contribution in [0.4, 0.5) is 0 Å². The van der Waals surface area contributed by atoms with Crippen LogP contribution in [-0.4, -0.2) is 35.6 Å². The smallest absolute Gasteiger partial charge is 0.303 e. The van der Waals surface area contributed by atoms with Crippen molar-refractivity contribution in [3.05, 3.63) is 0 Å². The summed E-state index contributed by atoms with van der Waals surface area (Å²) in [6, 6.07) is 2.38. The Hall–Kier alpha value is -1.08. The molecule has 0 saturated carbocycles. The minimum atomic E-state index is -0.738. The van der Waals surface area contributed by atoms with E-state index in [-0.39, 0.29) is 12.5 Å². The van der Waals surface area contributed by atoms with E-state index in [1.54, 1.807) is 0 Å². The molecule has 1 N–H and O–H groups in total. The Balaban J connectivity index is 3.49. The minimum absolute atomic E-state index is 0.237. The van der Waals surface area contributed by atoms with Crippen LogP contribution in [0.2, 0.25) is 0 Å². The van der Waals surface area contributed by atoms with Gasteiger partial charge in [0.1, 0.15) is 0 Å². The zero-order valence-electron chi connectivity index (χ0n) is 8.86. The zero-order valence-corrected chi connectivity index (χ0v) is 8.86. The van der Waals surface area contributed by atoms with E-state index in [1.807, 2.05) is 14.0 Å². The predicted molar refractivity (Wildman–Crippen MR) is 53.8 cm³/mol. The van der Waals surface area contributed by atoms with Crippen LogP contribution in [0, 0.1) is 11.3 Å². The van der Waals surface area contributed by atoms with Crippen LogP contribution in [-0.2, 0) is 4.79 Å². The van der Waals surface area contributed by atoms with E-state index >= 15 is 0 Å². The molecule has 0 aromatic rings. The quantitative estimate of drug-likeness (QED) is 0.629. The summed E-state index contributed by atoms with van der Waals surface area (Å²) in [6.07, 6.45) is 2.34. The molecule has 0 aliphatic carbocycles. The first kappa shape index (κ1) is 12.9. The first-order valence-corrected chi connectivity index (χ1v) is 4.87. The maximum atomic E-state index is 10.2. The lowest BCUT2D eigenvalue weighted by atomic mass is 10.2. The highest BCUT2D eigenvalue weighted by atomic mass is 16.4. The lowest BCUT2D eigenvalue weighted by molar-refractivity contribution is -0.137. The lowest BCUT2D eigenvalue weighted by Crippen LogP contribution is -2.29. The van der Waals surface area contributed by atoms with Crippen molar-refractivity contribution in [1.82, 2.24) is 4.90 Å². The molecule has 1 atom stereocenters. The monoisotopic (exact) mass is 198 g/mol. The Bertz CT molecular complexity index is 211. The third-order valence-corrected chi connectivity index (χ3v) is 2.29. The molecular weight excluding hydrogens is 180 g/mol. The van der Waals surface area contributed by atoms with Crippen LogP contribution < -0.4 is 0 Å². The first-order chi connectivity index (χ1) is 6.57. The molecule has 1 unspecified atom stereocenters. The normalized spacial score (nSPS) is 12.4. The molecule has 0 aliphatic rings. The van der Waals surface area contributed by atoms with Crippen molar-refractivity contribution in [1.29, 1.82) is 5.26 Å². The third-order valence-electron chi connectivity index (χ3n) is 2.29. The number of rotatable bonds is 7. The van der Waals surface area contributed by atoms with Gasteiger partial charge in [0.2, 0.25) is 0 Å². The van der Waals surface area contributed by atoms with Crippen molar-refractivity contribution in [3.63, 3.8) is 0 Å². The van der Waals surface area contributed by atoms with E-state index < -0.39 is 5.97 Å². The predicted octanol–water partition coefficient (Wildman–Crippen LogP) is 1.48. The largest absolute Gasteiger partial charge is 0.481 e. The van der Waals surface area contributed by atoms with Gasteiger partial charge in [0.05, 0.1) is 12.5 Å². The SMILES string of the molecule is CC(CC#N)N(C)CCCCC(=O)O. The van der Waals surface area contributed by atoms with Crippen LogP contribution in [0.25, 0.3) is 0 Å². The molecule has 80 valence electrons. The Labute approximate surface area is 85.1 Å². The molecule has 0 amide bonds. The fourth-order valence-corrected chi connectivity index (χ4v) is 1.15. The van der Waals surface area contributed by atoms with Gasteiger partial charge in [0.25, 0.3) is 0 Å². The summed E-state index contributed by atoms with van der Waals surface area (Å²) in [6.45, 7) is 2.86. The zero-order chi connectivity index (χ0) is 11.0. The number of nitrogens with zero attached hydrogens (tertiary/aromatic N) is 2. The second-order valence-electron chi connectivity index (χ2n) is 3.54. The fourth-order valence-electron chi connectivity index (χ4n) is 1.15. The second-order valence-corrected chi connectivity index (χ2v) is 3.54. The number of carbonyl (C=O) groups is 1. The second kappa shape index (κ2) is 7.34. The van der Waals surface area contributed by atoms with E-state index in [9.17, 15) is 4.79 Å². The van der Waals surface area contributed by atoms with Crippen molar-refractivity contribution in [2.24, 2.45) is 0 Å². The minimum Gasteiger partial charge on any atom is -0.481 e. The summed E-state index contributed by atoms with van der Waals surface area (Å²) < 4.78 is 0. The Kier molecular flexibility index (Phi) is 6.77. The molecule has 0 rings (SSSR count). The number of hydrogen-bond acceptors (Lipinski definition) is 3.